The molecule has 1 fully saturated rings. The number of ether oxygens (including phenoxy) is 1. The van der Waals surface area contributed by atoms with Crippen molar-refractivity contribution in [2.45, 2.75) is 37.9 Å². The van der Waals surface area contributed by atoms with Crippen molar-refractivity contribution in [2.24, 2.45) is 0 Å². The largest absolute Gasteiger partial charge is 0.379 e. The second-order valence-corrected chi connectivity index (χ2v) is 10.6. The fraction of sp³-hybridized carbons (Fsp3) is 0.450. The Balaban J connectivity index is 1.86. The average Bonchev–Trinajstić information content (AvgIpc) is 2.93. The maximum absolute atomic E-state index is 13.2. The van der Waals surface area contributed by atoms with Gasteiger partial charge in [0.1, 0.15) is 0 Å². The lowest BCUT2D eigenvalue weighted by atomic mass is 9.63. The molecule has 2 aromatic rings. The van der Waals surface area contributed by atoms with Gasteiger partial charge in [0, 0.05) is 18.5 Å². The Labute approximate surface area is 176 Å². The Morgan fingerprint density at radius 3 is 2.33 bits per heavy atom. The minimum absolute atomic E-state index is 0.0725. The van der Waals surface area contributed by atoms with Crippen LogP contribution in [0.15, 0.2) is 23.1 Å². The molecule has 30 heavy (non-hydrogen) atoms. The lowest BCUT2D eigenvalue weighted by Crippen LogP contribution is -2.40. The van der Waals surface area contributed by atoms with Gasteiger partial charge in [-0.2, -0.15) is 4.31 Å². The van der Waals surface area contributed by atoms with Crippen molar-refractivity contribution in [3.63, 3.8) is 0 Å². The van der Waals surface area contributed by atoms with Gasteiger partial charge < -0.3 is 9.55 Å². The number of aromatic nitrogens is 1. The molecule has 1 saturated heterocycles. The van der Waals surface area contributed by atoms with Gasteiger partial charge in [-0.3, -0.25) is 14.6 Å². The van der Waals surface area contributed by atoms with Gasteiger partial charge in [0.2, 0.25) is 15.9 Å². The molecule has 1 aromatic carbocycles. The summed E-state index contributed by atoms with van der Waals surface area (Å²) in [6.45, 7) is 8.60. The highest BCUT2D eigenvalue weighted by Crippen LogP contribution is 2.35. The lowest BCUT2D eigenvalue weighted by Gasteiger charge is -2.26. The molecular formula is C20H23BN3O5S. The molecule has 4 rings (SSSR count). The highest BCUT2D eigenvalue weighted by molar-refractivity contribution is 7.89. The third kappa shape index (κ3) is 3.42. The zero-order valence-electron chi connectivity index (χ0n) is 17.4. The molecule has 2 aliphatic rings. The minimum Gasteiger partial charge on any atom is -0.379 e. The van der Waals surface area contributed by atoms with Crippen molar-refractivity contribution in [3.8, 4) is 0 Å². The van der Waals surface area contributed by atoms with Gasteiger partial charge in [-0.1, -0.05) is 20.8 Å². The number of pyridine rings is 1. The highest BCUT2D eigenvalue weighted by atomic mass is 32.2. The summed E-state index contributed by atoms with van der Waals surface area (Å²) in [6, 6.07) is 4.53. The van der Waals surface area contributed by atoms with Gasteiger partial charge in [-0.05, 0) is 30.4 Å². The SMILES string of the molecule is Cc1nc2ccc(S(=O)(=O)N3CCOCC3)cc2c2c1C(=O)N([B]C(C)(C)C)C2=O. The quantitative estimate of drug-likeness (QED) is 0.548. The third-order valence-corrected chi connectivity index (χ3v) is 7.02. The first kappa shape index (κ1) is 21.0. The summed E-state index contributed by atoms with van der Waals surface area (Å²) in [7, 11) is -2.15. The first-order valence-corrected chi connectivity index (χ1v) is 11.2. The monoisotopic (exact) mass is 428 g/mol. The van der Waals surface area contributed by atoms with Gasteiger partial charge in [0.25, 0.3) is 13.3 Å². The second kappa shape index (κ2) is 7.14. The molecule has 2 aliphatic heterocycles. The number of sulfonamides is 1. The van der Waals surface area contributed by atoms with E-state index in [1.807, 2.05) is 20.8 Å². The normalized spacial score (nSPS) is 18.2. The Bertz CT molecular complexity index is 1170. The molecule has 0 unspecified atom stereocenters. The predicted molar refractivity (Wildman–Crippen MR) is 112 cm³/mol. The molecule has 0 aliphatic carbocycles. The van der Waals surface area contributed by atoms with E-state index in [1.54, 1.807) is 20.4 Å². The zero-order chi connectivity index (χ0) is 21.8. The van der Waals surface area contributed by atoms with Crippen LogP contribution in [-0.2, 0) is 14.8 Å². The van der Waals surface area contributed by atoms with E-state index in [0.717, 1.165) is 4.81 Å². The first-order chi connectivity index (χ1) is 14.0. The standard InChI is InChI=1S/C20H23BN3O5S/c1-12-16-17(19(26)24(18(16)25)21-20(2,3)4)14-11-13(5-6-15(14)22-12)30(27,28)23-7-9-29-10-8-23/h5-6,11H,7-10H2,1-4H3. The van der Waals surface area contributed by atoms with Crippen molar-refractivity contribution < 1.29 is 22.7 Å². The molecule has 0 spiro atoms. The highest BCUT2D eigenvalue weighted by Gasteiger charge is 2.41. The number of carbonyl (C=O) groups excluding carboxylic acids is 2. The van der Waals surface area contributed by atoms with E-state index in [4.69, 9.17) is 4.74 Å². The summed E-state index contributed by atoms with van der Waals surface area (Å²) in [4.78, 5) is 31.8. The van der Waals surface area contributed by atoms with Crippen molar-refractivity contribution in [2.75, 3.05) is 26.3 Å². The number of carbonyl (C=O) groups is 2. The summed E-state index contributed by atoms with van der Waals surface area (Å²) < 4.78 is 32.8. The molecule has 3 heterocycles. The lowest BCUT2D eigenvalue weighted by molar-refractivity contribution is 0.0730. The molecule has 2 amide bonds. The summed E-state index contributed by atoms with van der Waals surface area (Å²) in [5.41, 5.74) is 1.37. The third-order valence-electron chi connectivity index (χ3n) is 5.13. The summed E-state index contributed by atoms with van der Waals surface area (Å²) in [6.07, 6.45) is 0. The number of aryl methyl sites for hydroxylation is 1. The number of hydrogen-bond acceptors (Lipinski definition) is 6. The van der Waals surface area contributed by atoms with Crippen LogP contribution in [0.5, 0.6) is 0 Å². The fourth-order valence-corrected chi connectivity index (χ4v) is 5.22. The Hall–Kier alpha value is -2.30. The van der Waals surface area contributed by atoms with E-state index >= 15 is 0 Å². The van der Waals surface area contributed by atoms with Crippen LogP contribution in [0, 0.1) is 6.92 Å². The Morgan fingerprint density at radius 1 is 1.07 bits per heavy atom. The van der Waals surface area contributed by atoms with Crippen LogP contribution in [0.3, 0.4) is 0 Å². The Kier molecular flexibility index (Phi) is 4.99. The van der Waals surface area contributed by atoms with Crippen molar-refractivity contribution in [1.29, 1.82) is 0 Å². The van der Waals surface area contributed by atoms with E-state index in [9.17, 15) is 18.0 Å². The van der Waals surface area contributed by atoms with Gasteiger partial charge >= 0.3 is 0 Å². The molecule has 8 nitrogen and oxygen atoms in total. The number of benzene rings is 1. The number of nitrogens with zero attached hydrogens (tertiary/aromatic N) is 3. The van der Waals surface area contributed by atoms with Crippen molar-refractivity contribution in [3.05, 3.63) is 35.0 Å². The molecule has 157 valence electrons. The second-order valence-electron chi connectivity index (χ2n) is 8.62. The van der Waals surface area contributed by atoms with E-state index in [1.165, 1.54) is 16.4 Å². The van der Waals surface area contributed by atoms with Crippen LogP contribution < -0.4 is 0 Å². The van der Waals surface area contributed by atoms with Gasteiger partial charge in [-0.15, -0.1) is 0 Å². The molecule has 1 radical (unpaired) electrons. The van der Waals surface area contributed by atoms with Crippen LogP contribution in [0.25, 0.3) is 10.9 Å². The van der Waals surface area contributed by atoms with Crippen LogP contribution in [-0.4, -0.2) is 68.0 Å². The maximum atomic E-state index is 13.2. The summed E-state index contributed by atoms with van der Waals surface area (Å²) >= 11 is 0. The maximum Gasteiger partial charge on any atom is 0.267 e. The molecule has 0 bridgehead atoms. The average molecular weight is 428 g/mol. The van der Waals surface area contributed by atoms with E-state index < -0.39 is 27.2 Å². The van der Waals surface area contributed by atoms with Crippen molar-refractivity contribution in [1.82, 2.24) is 14.1 Å². The number of rotatable bonds is 3. The van der Waals surface area contributed by atoms with Crippen LogP contribution in [0.4, 0.5) is 0 Å². The van der Waals surface area contributed by atoms with Crippen LogP contribution >= 0.6 is 0 Å². The summed E-state index contributed by atoms with van der Waals surface area (Å²) in [5.74, 6) is -0.889. The van der Waals surface area contributed by atoms with E-state index in [-0.39, 0.29) is 29.1 Å². The number of imide groups is 1. The van der Waals surface area contributed by atoms with Gasteiger partial charge in [0.15, 0.2) is 0 Å². The van der Waals surface area contributed by atoms with E-state index in [2.05, 4.69) is 4.98 Å². The topological polar surface area (TPSA) is 96.9 Å². The fourth-order valence-electron chi connectivity index (χ4n) is 3.78. The summed E-state index contributed by atoms with van der Waals surface area (Å²) in [5, 5.41) is -0.0249. The number of fused-ring (bicyclic) bond motifs is 3. The van der Waals surface area contributed by atoms with Crippen LogP contribution in [0.2, 0.25) is 5.31 Å². The minimum atomic E-state index is -3.75. The molecule has 1 aromatic heterocycles. The van der Waals surface area contributed by atoms with Crippen LogP contribution in [0.1, 0.15) is 47.2 Å². The first-order valence-electron chi connectivity index (χ1n) is 9.77. The predicted octanol–water partition coefficient (Wildman–Crippen LogP) is 2.00. The zero-order valence-corrected chi connectivity index (χ0v) is 18.2. The number of amides is 2. The van der Waals surface area contributed by atoms with Gasteiger partial charge in [-0.25, -0.2) is 8.42 Å². The van der Waals surface area contributed by atoms with Crippen molar-refractivity contribution >= 4 is 40.2 Å². The van der Waals surface area contributed by atoms with E-state index in [0.29, 0.717) is 29.8 Å². The molecule has 0 N–H and O–H groups in total. The molecule has 0 atom stereocenters. The van der Waals surface area contributed by atoms with Gasteiger partial charge in [0.05, 0.1) is 40.4 Å². The number of hydrogen-bond donors (Lipinski definition) is 0. The molecule has 10 heteroatoms. The smallest absolute Gasteiger partial charge is 0.267 e. The molecular weight excluding hydrogens is 405 g/mol. The Morgan fingerprint density at radius 2 is 1.70 bits per heavy atom. The molecule has 0 saturated carbocycles. The number of morpholine rings is 1.